The molecule has 0 fully saturated rings. The second-order valence-electron chi connectivity index (χ2n) is 4.43. The number of carboxylic acid groups (broad SMARTS) is 1. The van der Waals surface area contributed by atoms with Crippen molar-refractivity contribution in [3.05, 3.63) is 29.6 Å². The van der Waals surface area contributed by atoms with E-state index < -0.39 is 23.8 Å². The second kappa shape index (κ2) is 4.21. The molecule has 0 bridgehead atoms. The number of imide groups is 1. The molecule has 0 spiro atoms. The zero-order chi connectivity index (χ0) is 13.4. The Hall–Kier alpha value is -2.24. The van der Waals surface area contributed by atoms with Gasteiger partial charge in [0.1, 0.15) is 6.04 Å². The number of pyridine rings is 1. The maximum atomic E-state index is 12.1. The summed E-state index contributed by atoms with van der Waals surface area (Å²) in [5.74, 6) is -2.71. The lowest BCUT2D eigenvalue weighted by Crippen LogP contribution is -2.47. The van der Waals surface area contributed by atoms with Crippen molar-refractivity contribution in [2.75, 3.05) is 0 Å². The summed E-state index contributed by atoms with van der Waals surface area (Å²) in [6.07, 6.45) is 2.69. The number of carbonyl (C=O) groups excluding carboxylic acids is 2. The van der Waals surface area contributed by atoms with Crippen molar-refractivity contribution >= 4 is 17.8 Å². The SMILES string of the molecule is CC(C)[C@H](C(=O)O)N1C(=O)c2ccncc2C1=O. The first-order valence-electron chi connectivity index (χ1n) is 5.50. The van der Waals surface area contributed by atoms with Gasteiger partial charge >= 0.3 is 5.97 Å². The minimum atomic E-state index is -1.19. The van der Waals surface area contributed by atoms with Crippen LogP contribution in [0.1, 0.15) is 34.6 Å². The van der Waals surface area contributed by atoms with Crippen molar-refractivity contribution in [1.82, 2.24) is 9.88 Å². The van der Waals surface area contributed by atoms with E-state index in [1.165, 1.54) is 18.5 Å². The molecule has 1 aliphatic rings. The Morgan fingerprint density at radius 2 is 1.89 bits per heavy atom. The van der Waals surface area contributed by atoms with Crippen LogP contribution in [-0.4, -0.2) is 38.8 Å². The predicted molar refractivity (Wildman–Crippen MR) is 61.0 cm³/mol. The largest absolute Gasteiger partial charge is 0.480 e. The Morgan fingerprint density at radius 1 is 1.28 bits per heavy atom. The smallest absolute Gasteiger partial charge is 0.327 e. The van der Waals surface area contributed by atoms with Crippen LogP contribution in [0.2, 0.25) is 0 Å². The fourth-order valence-electron chi connectivity index (χ4n) is 2.05. The normalized spacial score (nSPS) is 16.1. The summed E-state index contributed by atoms with van der Waals surface area (Å²) in [5.41, 5.74) is 0.372. The molecule has 1 N–H and O–H groups in total. The highest BCUT2D eigenvalue weighted by atomic mass is 16.4. The van der Waals surface area contributed by atoms with Crippen molar-refractivity contribution < 1.29 is 19.5 Å². The molecule has 0 unspecified atom stereocenters. The predicted octanol–water partition coefficient (Wildman–Crippen LogP) is 0.787. The van der Waals surface area contributed by atoms with Crippen LogP contribution in [-0.2, 0) is 4.79 Å². The van der Waals surface area contributed by atoms with Crippen LogP contribution in [0.15, 0.2) is 18.5 Å². The van der Waals surface area contributed by atoms with E-state index in [-0.39, 0.29) is 17.0 Å². The minimum Gasteiger partial charge on any atom is -0.480 e. The molecule has 1 aromatic heterocycles. The Bertz CT molecular complexity index is 504. The number of nitrogens with zero attached hydrogens (tertiary/aromatic N) is 2. The third-order valence-electron chi connectivity index (χ3n) is 2.88. The third kappa shape index (κ3) is 1.66. The quantitative estimate of drug-likeness (QED) is 0.799. The minimum absolute atomic E-state index is 0.161. The third-order valence-corrected chi connectivity index (χ3v) is 2.88. The van der Waals surface area contributed by atoms with Gasteiger partial charge in [-0.3, -0.25) is 19.5 Å². The number of hydrogen-bond donors (Lipinski definition) is 1. The van der Waals surface area contributed by atoms with Gasteiger partial charge in [-0.1, -0.05) is 13.8 Å². The standard InChI is InChI=1S/C12H12N2O4/c1-6(2)9(12(17)18)14-10(15)7-3-4-13-5-8(7)11(14)16/h3-6,9H,1-2H3,(H,17,18)/t9-/m1/s1. The van der Waals surface area contributed by atoms with E-state index in [1.807, 2.05) is 0 Å². The first kappa shape index (κ1) is 12.2. The summed E-state index contributed by atoms with van der Waals surface area (Å²) in [4.78, 5) is 39.9. The summed E-state index contributed by atoms with van der Waals surface area (Å²) >= 11 is 0. The number of rotatable bonds is 3. The number of carboxylic acids is 1. The van der Waals surface area contributed by atoms with Crippen LogP contribution >= 0.6 is 0 Å². The highest BCUT2D eigenvalue weighted by molar-refractivity contribution is 6.22. The average Bonchev–Trinajstić information content (AvgIpc) is 2.55. The van der Waals surface area contributed by atoms with Crippen LogP contribution in [0.3, 0.4) is 0 Å². The van der Waals surface area contributed by atoms with Gasteiger partial charge in [-0.25, -0.2) is 4.79 Å². The van der Waals surface area contributed by atoms with Gasteiger partial charge in [-0.05, 0) is 12.0 Å². The van der Waals surface area contributed by atoms with E-state index in [4.69, 9.17) is 5.11 Å². The Labute approximate surface area is 103 Å². The molecule has 2 heterocycles. The van der Waals surface area contributed by atoms with Gasteiger partial charge in [-0.2, -0.15) is 0 Å². The molecule has 2 amide bonds. The number of amides is 2. The van der Waals surface area contributed by atoms with E-state index >= 15 is 0 Å². The molecule has 0 radical (unpaired) electrons. The van der Waals surface area contributed by atoms with Crippen LogP contribution in [0.25, 0.3) is 0 Å². The molecule has 1 aromatic rings. The molecular formula is C12H12N2O4. The number of aromatic nitrogens is 1. The fraction of sp³-hybridized carbons (Fsp3) is 0.333. The summed E-state index contributed by atoms with van der Waals surface area (Å²) in [6, 6.07) is 0.270. The van der Waals surface area contributed by atoms with Gasteiger partial charge in [0.2, 0.25) is 0 Å². The van der Waals surface area contributed by atoms with E-state index in [0.717, 1.165) is 4.90 Å². The van der Waals surface area contributed by atoms with Crippen LogP contribution < -0.4 is 0 Å². The molecule has 0 aliphatic carbocycles. The molecule has 6 heteroatoms. The number of aliphatic carboxylic acids is 1. The Morgan fingerprint density at radius 3 is 2.39 bits per heavy atom. The lowest BCUT2D eigenvalue weighted by molar-refractivity contribution is -0.143. The van der Waals surface area contributed by atoms with E-state index in [0.29, 0.717) is 0 Å². The molecule has 1 atom stereocenters. The first-order valence-corrected chi connectivity index (χ1v) is 5.50. The molecular weight excluding hydrogens is 236 g/mol. The molecule has 6 nitrogen and oxygen atoms in total. The van der Waals surface area contributed by atoms with Crippen LogP contribution in [0.5, 0.6) is 0 Å². The lowest BCUT2D eigenvalue weighted by Gasteiger charge is -2.25. The zero-order valence-corrected chi connectivity index (χ0v) is 9.95. The average molecular weight is 248 g/mol. The topological polar surface area (TPSA) is 87.6 Å². The molecule has 0 saturated carbocycles. The van der Waals surface area contributed by atoms with E-state index in [9.17, 15) is 14.4 Å². The number of fused-ring (bicyclic) bond motifs is 1. The summed E-state index contributed by atoms with van der Waals surface area (Å²) < 4.78 is 0. The number of hydrogen-bond acceptors (Lipinski definition) is 4. The Kier molecular flexibility index (Phi) is 2.86. The van der Waals surface area contributed by atoms with Crippen molar-refractivity contribution in [3.63, 3.8) is 0 Å². The van der Waals surface area contributed by atoms with Crippen LogP contribution in [0.4, 0.5) is 0 Å². The highest BCUT2D eigenvalue weighted by Gasteiger charge is 2.44. The van der Waals surface area contributed by atoms with E-state index in [2.05, 4.69) is 4.98 Å². The number of carbonyl (C=O) groups is 3. The monoisotopic (exact) mass is 248 g/mol. The van der Waals surface area contributed by atoms with Crippen molar-refractivity contribution in [2.45, 2.75) is 19.9 Å². The van der Waals surface area contributed by atoms with Gasteiger partial charge in [0.05, 0.1) is 11.1 Å². The van der Waals surface area contributed by atoms with Gasteiger partial charge in [-0.15, -0.1) is 0 Å². The fourth-order valence-corrected chi connectivity index (χ4v) is 2.05. The van der Waals surface area contributed by atoms with E-state index in [1.54, 1.807) is 13.8 Å². The molecule has 1 aliphatic heterocycles. The van der Waals surface area contributed by atoms with Gasteiger partial charge in [0, 0.05) is 12.4 Å². The maximum Gasteiger partial charge on any atom is 0.327 e. The van der Waals surface area contributed by atoms with Gasteiger partial charge < -0.3 is 5.11 Å². The van der Waals surface area contributed by atoms with Crippen LogP contribution in [0, 0.1) is 5.92 Å². The van der Waals surface area contributed by atoms with Gasteiger partial charge in [0.15, 0.2) is 0 Å². The summed E-state index contributed by atoms with van der Waals surface area (Å²) in [6.45, 7) is 3.31. The maximum absolute atomic E-state index is 12.1. The van der Waals surface area contributed by atoms with Gasteiger partial charge in [0.25, 0.3) is 11.8 Å². The molecule has 0 saturated heterocycles. The molecule has 18 heavy (non-hydrogen) atoms. The lowest BCUT2D eigenvalue weighted by atomic mass is 10.0. The highest BCUT2D eigenvalue weighted by Crippen LogP contribution is 2.26. The molecule has 2 rings (SSSR count). The first-order chi connectivity index (χ1) is 8.45. The van der Waals surface area contributed by atoms with Crippen molar-refractivity contribution in [3.8, 4) is 0 Å². The molecule has 94 valence electrons. The zero-order valence-electron chi connectivity index (χ0n) is 9.95. The van der Waals surface area contributed by atoms with Crippen molar-refractivity contribution in [1.29, 1.82) is 0 Å². The summed E-state index contributed by atoms with van der Waals surface area (Å²) in [7, 11) is 0. The molecule has 0 aromatic carbocycles. The van der Waals surface area contributed by atoms with Crippen molar-refractivity contribution in [2.24, 2.45) is 5.92 Å². The Balaban J connectivity index is 2.47. The second-order valence-corrected chi connectivity index (χ2v) is 4.43. The summed E-state index contributed by atoms with van der Waals surface area (Å²) in [5, 5.41) is 9.16.